The van der Waals surface area contributed by atoms with Crippen LogP contribution < -0.4 is 0 Å². The van der Waals surface area contributed by atoms with Gasteiger partial charge in [0.05, 0.1) is 0 Å². The largest absolute Gasteiger partial charge is 0.422 e. The number of hydrogen-bond acceptors (Lipinski definition) is 6. The highest BCUT2D eigenvalue weighted by Gasteiger charge is 2.20. The highest BCUT2D eigenvalue weighted by molar-refractivity contribution is 7.07. The van der Waals surface area contributed by atoms with Crippen LogP contribution >= 0.6 is 11.3 Å². The smallest absolute Gasteiger partial charge is 0.249 e. The maximum atomic E-state index is 12.3. The molecule has 7 heteroatoms. The van der Waals surface area contributed by atoms with Crippen LogP contribution in [-0.4, -0.2) is 35.2 Å². The predicted molar refractivity (Wildman–Crippen MR) is 98.7 cm³/mol. The molecule has 2 heterocycles. The Hall–Kier alpha value is -2.51. The fraction of sp³-hybridized carbons (Fsp3) is 0.316. The van der Waals surface area contributed by atoms with Gasteiger partial charge in [-0.05, 0) is 28.0 Å². The highest BCUT2D eigenvalue weighted by atomic mass is 32.1. The second kappa shape index (κ2) is 8.73. The van der Waals surface area contributed by atoms with Crippen molar-refractivity contribution >= 4 is 17.2 Å². The minimum atomic E-state index is -0.408. The Kier molecular flexibility index (Phi) is 6.14. The molecule has 0 saturated heterocycles. The van der Waals surface area contributed by atoms with Crippen LogP contribution in [0.5, 0.6) is 0 Å². The first kappa shape index (κ1) is 18.3. The van der Waals surface area contributed by atoms with Crippen LogP contribution in [0, 0.1) is 0 Å². The molecule has 3 aromatic rings. The maximum Gasteiger partial charge on any atom is 0.249 e. The molecule has 2 aromatic heterocycles. The van der Waals surface area contributed by atoms with Crippen molar-refractivity contribution in [3.63, 3.8) is 0 Å². The third-order valence-corrected chi connectivity index (χ3v) is 4.76. The molecule has 0 aliphatic heterocycles. The van der Waals surface area contributed by atoms with Crippen molar-refractivity contribution in [1.29, 1.82) is 0 Å². The van der Waals surface area contributed by atoms with Gasteiger partial charge in [-0.15, -0.1) is 10.2 Å². The number of nitrogens with zero attached hydrogens (tertiary/aromatic N) is 3. The molecule has 0 spiro atoms. The third kappa shape index (κ3) is 4.56. The second-order valence-corrected chi connectivity index (χ2v) is 6.72. The summed E-state index contributed by atoms with van der Waals surface area (Å²) >= 11 is 1.63. The van der Waals surface area contributed by atoms with Gasteiger partial charge in [0.1, 0.15) is 0 Å². The summed E-state index contributed by atoms with van der Waals surface area (Å²) in [6.45, 7) is 0.608. The molecule has 3 rings (SSSR count). The number of carbonyl (C=O) groups is 1. The molecule has 0 N–H and O–H groups in total. The number of rotatable bonds is 8. The summed E-state index contributed by atoms with van der Waals surface area (Å²) in [7, 11) is 3.40. The molecule has 1 atom stereocenters. The summed E-state index contributed by atoms with van der Waals surface area (Å²) in [6.07, 6.45) is 0.324. The summed E-state index contributed by atoms with van der Waals surface area (Å²) in [5.74, 6) is 0.880. The van der Waals surface area contributed by atoms with E-state index in [0.717, 1.165) is 11.1 Å². The van der Waals surface area contributed by atoms with E-state index in [2.05, 4.69) is 10.2 Å². The van der Waals surface area contributed by atoms with Crippen LogP contribution in [0.15, 0.2) is 51.6 Å². The molecule has 0 saturated carbocycles. The van der Waals surface area contributed by atoms with Crippen molar-refractivity contribution in [1.82, 2.24) is 15.1 Å². The number of methoxy groups -OCH3 is 1. The van der Waals surface area contributed by atoms with Crippen molar-refractivity contribution in [3.05, 3.63) is 70.1 Å². The standard InChI is InChI=1S/C19H21N3O3S/c1-22(12-14-10-11-26-13-14)17(23)9-8-16-20-21-19(25-16)18(24-2)15-6-4-3-5-7-15/h3-7,10-11,13,18H,8-9,12H2,1-2H3/t18-/m1/s1. The van der Waals surface area contributed by atoms with Crippen LogP contribution in [-0.2, 0) is 22.5 Å². The molecule has 136 valence electrons. The van der Waals surface area contributed by atoms with E-state index < -0.39 is 6.10 Å². The lowest BCUT2D eigenvalue weighted by Crippen LogP contribution is -2.26. The van der Waals surface area contributed by atoms with Gasteiger partial charge in [-0.3, -0.25) is 4.79 Å². The van der Waals surface area contributed by atoms with Crippen molar-refractivity contribution in [3.8, 4) is 0 Å². The number of aromatic nitrogens is 2. The van der Waals surface area contributed by atoms with E-state index in [1.807, 2.05) is 47.2 Å². The fourth-order valence-electron chi connectivity index (χ4n) is 2.63. The van der Waals surface area contributed by atoms with Gasteiger partial charge in [-0.25, -0.2) is 0 Å². The Morgan fingerprint density at radius 1 is 1.27 bits per heavy atom. The zero-order chi connectivity index (χ0) is 18.4. The zero-order valence-corrected chi connectivity index (χ0v) is 15.6. The van der Waals surface area contributed by atoms with Gasteiger partial charge in [-0.1, -0.05) is 30.3 Å². The average molecular weight is 371 g/mol. The van der Waals surface area contributed by atoms with E-state index in [1.165, 1.54) is 0 Å². The summed E-state index contributed by atoms with van der Waals surface area (Å²) in [5, 5.41) is 12.2. The first-order chi connectivity index (χ1) is 12.7. The molecule has 0 aliphatic carbocycles. The molecular formula is C19H21N3O3S. The van der Waals surface area contributed by atoms with Gasteiger partial charge in [0.2, 0.25) is 17.7 Å². The summed E-state index contributed by atoms with van der Waals surface area (Å²) in [6, 6.07) is 11.7. The molecule has 0 bridgehead atoms. The Morgan fingerprint density at radius 2 is 2.08 bits per heavy atom. The Bertz CT molecular complexity index is 818. The summed E-state index contributed by atoms with van der Waals surface area (Å²) in [5.41, 5.74) is 2.08. The van der Waals surface area contributed by atoms with Crippen molar-refractivity contribution in [2.75, 3.05) is 14.2 Å². The predicted octanol–water partition coefficient (Wildman–Crippen LogP) is 3.46. The van der Waals surface area contributed by atoms with E-state index in [9.17, 15) is 4.79 Å². The summed E-state index contributed by atoms with van der Waals surface area (Å²) < 4.78 is 11.2. The first-order valence-corrected chi connectivity index (χ1v) is 9.26. The van der Waals surface area contributed by atoms with Crippen LogP contribution in [0.25, 0.3) is 0 Å². The number of thiophene rings is 1. The van der Waals surface area contributed by atoms with Gasteiger partial charge in [0, 0.05) is 33.5 Å². The normalized spacial score (nSPS) is 12.1. The van der Waals surface area contributed by atoms with E-state index in [4.69, 9.17) is 9.15 Å². The van der Waals surface area contributed by atoms with Crippen LogP contribution in [0.2, 0.25) is 0 Å². The first-order valence-electron chi connectivity index (χ1n) is 8.32. The number of aryl methyl sites for hydroxylation is 1. The molecule has 6 nitrogen and oxygen atoms in total. The topological polar surface area (TPSA) is 68.5 Å². The Labute approximate surface area is 156 Å². The lowest BCUT2D eigenvalue weighted by Gasteiger charge is -2.15. The number of benzene rings is 1. The van der Waals surface area contributed by atoms with Gasteiger partial charge in [0.15, 0.2) is 6.10 Å². The molecule has 1 amide bonds. The van der Waals surface area contributed by atoms with E-state index in [0.29, 0.717) is 31.2 Å². The molecule has 0 fully saturated rings. The Balaban J connectivity index is 1.57. The van der Waals surface area contributed by atoms with E-state index >= 15 is 0 Å². The maximum absolute atomic E-state index is 12.3. The van der Waals surface area contributed by atoms with Gasteiger partial charge < -0.3 is 14.1 Å². The monoisotopic (exact) mass is 371 g/mol. The fourth-order valence-corrected chi connectivity index (χ4v) is 3.29. The molecule has 26 heavy (non-hydrogen) atoms. The number of ether oxygens (including phenoxy) is 1. The van der Waals surface area contributed by atoms with Gasteiger partial charge in [-0.2, -0.15) is 11.3 Å². The molecule has 0 unspecified atom stereocenters. The molecular weight excluding hydrogens is 350 g/mol. The molecule has 0 radical (unpaired) electrons. The SMILES string of the molecule is CO[C@H](c1ccccc1)c1nnc(CCC(=O)N(C)Cc2ccsc2)o1. The number of amides is 1. The molecule has 1 aromatic carbocycles. The number of carbonyl (C=O) groups excluding carboxylic acids is 1. The average Bonchev–Trinajstić information content (AvgIpc) is 3.33. The number of hydrogen-bond donors (Lipinski definition) is 0. The highest BCUT2D eigenvalue weighted by Crippen LogP contribution is 2.24. The van der Waals surface area contributed by atoms with Crippen molar-refractivity contribution in [2.24, 2.45) is 0 Å². The quantitative estimate of drug-likeness (QED) is 0.607. The minimum Gasteiger partial charge on any atom is -0.422 e. The van der Waals surface area contributed by atoms with E-state index in [1.54, 1.807) is 30.4 Å². The Morgan fingerprint density at radius 3 is 2.77 bits per heavy atom. The van der Waals surface area contributed by atoms with Gasteiger partial charge in [0.25, 0.3) is 0 Å². The summed E-state index contributed by atoms with van der Waals surface area (Å²) in [4.78, 5) is 14.0. The minimum absolute atomic E-state index is 0.0438. The second-order valence-electron chi connectivity index (χ2n) is 5.94. The zero-order valence-electron chi connectivity index (χ0n) is 14.8. The van der Waals surface area contributed by atoms with Crippen LogP contribution in [0.1, 0.15) is 35.4 Å². The van der Waals surface area contributed by atoms with Gasteiger partial charge >= 0.3 is 0 Å². The molecule has 0 aliphatic rings. The van der Waals surface area contributed by atoms with Crippen LogP contribution in [0.4, 0.5) is 0 Å². The van der Waals surface area contributed by atoms with Crippen molar-refractivity contribution < 1.29 is 13.9 Å². The van der Waals surface area contributed by atoms with Crippen LogP contribution in [0.3, 0.4) is 0 Å². The van der Waals surface area contributed by atoms with E-state index in [-0.39, 0.29) is 5.91 Å². The lowest BCUT2D eigenvalue weighted by atomic mass is 10.1. The van der Waals surface area contributed by atoms with Crippen molar-refractivity contribution in [2.45, 2.75) is 25.5 Å². The lowest BCUT2D eigenvalue weighted by molar-refractivity contribution is -0.130. The third-order valence-electron chi connectivity index (χ3n) is 4.02.